The minimum absolute atomic E-state index is 0.150. The highest BCUT2D eigenvalue weighted by Gasteiger charge is 2.32. The van der Waals surface area contributed by atoms with E-state index in [4.69, 9.17) is 4.74 Å². The lowest BCUT2D eigenvalue weighted by Crippen LogP contribution is -2.36. The number of hydrogen-bond acceptors (Lipinski definition) is 6. The Balaban J connectivity index is 1.26. The fraction of sp³-hybridized carbons (Fsp3) is 0.103. The van der Waals surface area contributed by atoms with E-state index >= 15 is 0 Å². The van der Waals surface area contributed by atoms with Crippen LogP contribution in [0.5, 0.6) is 11.5 Å². The van der Waals surface area contributed by atoms with Crippen LogP contribution in [0.15, 0.2) is 108 Å². The molecule has 0 spiro atoms. The van der Waals surface area contributed by atoms with Crippen LogP contribution < -0.4 is 10.1 Å². The van der Waals surface area contributed by atoms with E-state index in [-0.39, 0.29) is 11.4 Å². The summed E-state index contributed by atoms with van der Waals surface area (Å²) < 4.78 is 34.9. The zero-order chi connectivity index (χ0) is 25.2. The van der Waals surface area contributed by atoms with Crippen LogP contribution in [0.3, 0.4) is 0 Å². The van der Waals surface area contributed by atoms with Gasteiger partial charge in [0.05, 0.1) is 17.4 Å². The number of anilines is 2. The van der Waals surface area contributed by atoms with Crippen LogP contribution in [-0.2, 0) is 23.0 Å². The summed E-state index contributed by atoms with van der Waals surface area (Å²) in [6, 6.07) is 27.8. The van der Waals surface area contributed by atoms with E-state index in [2.05, 4.69) is 15.3 Å². The predicted molar refractivity (Wildman–Crippen MR) is 144 cm³/mol. The van der Waals surface area contributed by atoms with Crippen LogP contribution in [0.4, 0.5) is 11.5 Å². The number of sulfonamides is 1. The van der Waals surface area contributed by atoms with Gasteiger partial charge in [0.1, 0.15) is 22.2 Å². The molecule has 0 radical (unpaired) electrons. The van der Waals surface area contributed by atoms with Crippen LogP contribution in [-0.4, -0.2) is 29.2 Å². The van der Waals surface area contributed by atoms with Gasteiger partial charge in [-0.3, -0.25) is 4.98 Å². The lowest BCUT2D eigenvalue weighted by Gasteiger charge is -2.29. The van der Waals surface area contributed by atoms with E-state index in [0.29, 0.717) is 24.5 Å². The Labute approximate surface area is 215 Å². The molecular weight excluding hydrogens is 484 g/mol. The van der Waals surface area contributed by atoms with Crippen molar-refractivity contribution in [2.45, 2.75) is 17.9 Å². The van der Waals surface area contributed by atoms with E-state index in [0.717, 1.165) is 33.5 Å². The third-order valence-corrected chi connectivity index (χ3v) is 8.29. The lowest BCUT2D eigenvalue weighted by molar-refractivity contribution is 0.387. The summed E-state index contributed by atoms with van der Waals surface area (Å²) in [5.74, 6) is 1.61. The summed E-state index contributed by atoms with van der Waals surface area (Å²) in [6.07, 6.45) is 4.03. The molecule has 1 aliphatic heterocycles. The number of benzene rings is 3. The number of ether oxygens (including phenoxy) is 1. The van der Waals surface area contributed by atoms with Gasteiger partial charge in [0.15, 0.2) is 0 Å². The van der Waals surface area contributed by atoms with E-state index in [1.807, 2.05) is 54.6 Å². The van der Waals surface area contributed by atoms with Gasteiger partial charge in [-0.05, 0) is 54.4 Å². The molecule has 0 bridgehead atoms. The predicted octanol–water partition coefficient (Wildman–Crippen LogP) is 5.91. The molecule has 0 fully saturated rings. The number of hydrogen-bond donors (Lipinski definition) is 1. The van der Waals surface area contributed by atoms with E-state index in [9.17, 15) is 8.42 Å². The first-order valence-electron chi connectivity index (χ1n) is 12.0. The molecule has 3 heterocycles. The summed E-state index contributed by atoms with van der Waals surface area (Å²) >= 11 is 0. The molecule has 0 aliphatic carbocycles. The molecule has 37 heavy (non-hydrogen) atoms. The SMILES string of the molecule is O=S(=O)(c1ccccc1Oc1ccccc1)N1CCc2c(ccnc2Nc2cnc3ccccc3c2)C1. The quantitative estimate of drug-likeness (QED) is 0.307. The zero-order valence-corrected chi connectivity index (χ0v) is 20.7. The van der Waals surface area contributed by atoms with E-state index < -0.39 is 10.0 Å². The first-order valence-corrected chi connectivity index (χ1v) is 13.4. The largest absolute Gasteiger partial charge is 0.456 e. The lowest BCUT2D eigenvalue weighted by atomic mass is 10.0. The number of aromatic nitrogens is 2. The van der Waals surface area contributed by atoms with Crippen molar-refractivity contribution in [2.24, 2.45) is 0 Å². The van der Waals surface area contributed by atoms with E-state index in [1.54, 1.807) is 48.8 Å². The van der Waals surface area contributed by atoms with Crippen LogP contribution in [0.2, 0.25) is 0 Å². The van der Waals surface area contributed by atoms with Crippen molar-refractivity contribution in [3.8, 4) is 11.5 Å². The molecule has 1 N–H and O–H groups in total. The Kier molecular flexibility index (Phi) is 6.04. The summed E-state index contributed by atoms with van der Waals surface area (Å²) in [5, 5.41) is 4.42. The minimum Gasteiger partial charge on any atom is -0.456 e. The maximum Gasteiger partial charge on any atom is 0.247 e. The number of pyridine rings is 2. The second-order valence-electron chi connectivity index (χ2n) is 8.79. The van der Waals surface area contributed by atoms with Gasteiger partial charge in [-0.1, -0.05) is 48.5 Å². The van der Waals surface area contributed by atoms with Crippen LogP contribution in [0, 0.1) is 0 Å². The first-order chi connectivity index (χ1) is 18.1. The van der Waals surface area contributed by atoms with Crippen molar-refractivity contribution in [3.05, 3.63) is 115 Å². The monoisotopic (exact) mass is 508 g/mol. The molecular formula is C29H24N4O3S. The second kappa shape index (κ2) is 9.65. The maximum absolute atomic E-state index is 13.7. The van der Waals surface area contributed by atoms with Gasteiger partial charge in [-0.15, -0.1) is 0 Å². The highest BCUT2D eigenvalue weighted by Crippen LogP contribution is 2.34. The molecule has 7 nitrogen and oxygen atoms in total. The third-order valence-electron chi connectivity index (χ3n) is 6.40. The Bertz CT molecular complexity index is 1690. The van der Waals surface area contributed by atoms with Gasteiger partial charge in [-0.25, -0.2) is 13.4 Å². The van der Waals surface area contributed by atoms with Crippen molar-refractivity contribution in [1.29, 1.82) is 0 Å². The van der Waals surface area contributed by atoms with Gasteiger partial charge in [0.25, 0.3) is 0 Å². The topological polar surface area (TPSA) is 84.4 Å². The molecule has 3 aromatic carbocycles. The fourth-order valence-electron chi connectivity index (χ4n) is 4.56. The molecule has 5 aromatic rings. The van der Waals surface area contributed by atoms with Crippen LogP contribution in [0.25, 0.3) is 10.9 Å². The zero-order valence-electron chi connectivity index (χ0n) is 19.9. The van der Waals surface area contributed by atoms with Crippen LogP contribution >= 0.6 is 0 Å². The summed E-state index contributed by atoms with van der Waals surface area (Å²) in [5.41, 5.74) is 3.69. The molecule has 6 rings (SSSR count). The molecule has 0 unspecified atom stereocenters. The average Bonchev–Trinajstić information content (AvgIpc) is 2.94. The third kappa shape index (κ3) is 4.64. The normalized spacial score (nSPS) is 13.7. The Morgan fingerprint density at radius 1 is 0.865 bits per heavy atom. The number of fused-ring (bicyclic) bond motifs is 2. The van der Waals surface area contributed by atoms with Crippen molar-refractivity contribution < 1.29 is 13.2 Å². The number of rotatable bonds is 6. The molecule has 0 saturated heterocycles. The Morgan fingerprint density at radius 3 is 2.54 bits per heavy atom. The molecule has 1 aliphatic rings. The smallest absolute Gasteiger partial charge is 0.247 e. The van der Waals surface area contributed by atoms with Gasteiger partial charge >= 0.3 is 0 Å². The molecule has 8 heteroatoms. The highest BCUT2D eigenvalue weighted by atomic mass is 32.2. The molecule has 0 amide bonds. The molecule has 0 atom stereocenters. The molecule has 2 aromatic heterocycles. The molecule has 184 valence electrons. The number of nitrogens with one attached hydrogen (secondary N) is 1. The highest BCUT2D eigenvalue weighted by molar-refractivity contribution is 7.89. The standard InChI is InChI=1S/C29H24N4O3S/c34-37(35,28-13-7-6-12-27(28)36-24-9-2-1-3-10-24)33-17-15-25-22(20-33)14-16-30-29(25)32-23-18-21-8-4-5-11-26(21)31-19-23/h1-14,16,18-19H,15,17,20H2,(H,30,32). The molecule has 0 saturated carbocycles. The van der Waals surface area contributed by atoms with Gasteiger partial charge < -0.3 is 10.1 Å². The summed E-state index contributed by atoms with van der Waals surface area (Å²) in [4.78, 5) is 9.21. The summed E-state index contributed by atoms with van der Waals surface area (Å²) in [7, 11) is -3.79. The van der Waals surface area contributed by atoms with Gasteiger partial charge in [-0.2, -0.15) is 4.31 Å². The maximum atomic E-state index is 13.7. The van der Waals surface area contributed by atoms with Crippen LogP contribution in [0.1, 0.15) is 11.1 Å². The van der Waals surface area contributed by atoms with Gasteiger partial charge in [0.2, 0.25) is 10.0 Å². The summed E-state index contributed by atoms with van der Waals surface area (Å²) in [6.45, 7) is 0.593. The van der Waals surface area contributed by atoms with Crippen molar-refractivity contribution in [1.82, 2.24) is 14.3 Å². The second-order valence-corrected chi connectivity index (χ2v) is 10.7. The van der Waals surface area contributed by atoms with Gasteiger partial charge in [0, 0.05) is 30.2 Å². The number of para-hydroxylation sites is 3. The number of nitrogens with zero attached hydrogens (tertiary/aromatic N) is 3. The van der Waals surface area contributed by atoms with Crippen molar-refractivity contribution in [3.63, 3.8) is 0 Å². The average molecular weight is 509 g/mol. The van der Waals surface area contributed by atoms with E-state index in [1.165, 1.54) is 4.31 Å². The van der Waals surface area contributed by atoms with Crippen molar-refractivity contribution >= 4 is 32.4 Å². The Hall–Kier alpha value is -4.27. The minimum atomic E-state index is -3.79. The first kappa shape index (κ1) is 23.1. The fourth-order valence-corrected chi connectivity index (χ4v) is 6.09. The Morgan fingerprint density at radius 2 is 1.65 bits per heavy atom. The van der Waals surface area contributed by atoms with Crippen molar-refractivity contribution in [2.75, 3.05) is 11.9 Å².